The molecule has 0 aromatic heterocycles. The molecule has 0 aromatic carbocycles. The van der Waals surface area contributed by atoms with Crippen LogP contribution in [0, 0.1) is 0 Å². The standard InChI is InChI=1S/C35H63N9O8/c1-3-4-5-6-8-14-24(40-31(48)29(23(2)45)42-28(46)18-9-7-10-19-36)32(49)44-22-13-17-27(44)33(50)43-21-12-16-26(43)30(47)41-25(34(51)52)15-11-20-39-35(37)38/h23-27,29,45H,3-22,36H2,1-2H3,(H,40,48)(H,41,47)(H,42,46)(H,51,52)(H4,37,38,39)/t23?,24?,25-,26?,27?,29?/m1/s1. The molecule has 2 aliphatic rings. The highest BCUT2D eigenvalue weighted by atomic mass is 16.4. The van der Waals surface area contributed by atoms with Crippen LogP contribution < -0.4 is 33.2 Å². The second-order valence-corrected chi connectivity index (χ2v) is 13.9. The monoisotopic (exact) mass is 737 g/mol. The van der Waals surface area contributed by atoms with E-state index in [4.69, 9.17) is 17.2 Å². The lowest BCUT2D eigenvalue weighted by Crippen LogP contribution is -2.59. The lowest BCUT2D eigenvalue weighted by Gasteiger charge is -2.33. The second kappa shape index (κ2) is 23.5. The van der Waals surface area contributed by atoms with Gasteiger partial charge in [-0.1, -0.05) is 45.4 Å². The first-order chi connectivity index (χ1) is 24.8. The molecule has 52 heavy (non-hydrogen) atoms. The van der Waals surface area contributed by atoms with Gasteiger partial charge in [-0.15, -0.1) is 0 Å². The number of hydrogen-bond acceptors (Lipinski definition) is 9. The maximum atomic E-state index is 14.2. The SMILES string of the molecule is CCCCCCCC(NC(=O)C(NC(=O)CCCCCN)C(C)O)C(=O)N1CCCC1C(=O)N1CCCC1C(=O)N[C@H](CCCN=C(N)N)C(=O)O. The van der Waals surface area contributed by atoms with E-state index < -0.39 is 71.8 Å². The molecule has 0 aromatic rings. The number of hydrogen-bond donors (Lipinski definition) is 8. The largest absolute Gasteiger partial charge is 0.480 e. The molecule has 0 aliphatic carbocycles. The van der Waals surface area contributed by atoms with Crippen molar-refractivity contribution >= 4 is 41.5 Å². The zero-order valence-electron chi connectivity index (χ0n) is 31.0. The molecule has 0 radical (unpaired) electrons. The number of aliphatic imine (C=N–C) groups is 1. The van der Waals surface area contributed by atoms with Gasteiger partial charge >= 0.3 is 5.97 Å². The number of aliphatic hydroxyl groups is 1. The Labute approximate surface area is 307 Å². The fraction of sp³-hybridized carbons (Fsp3) is 0.800. The van der Waals surface area contributed by atoms with Crippen molar-refractivity contribution in [3.8, 4) is 0 Å². The quantitative estimate of drug-likeness (QED) is 0.0366. The summed E-state index contributed by atoms with van der Waals surface area (Å²) in [5, 5.41) is 28.1. The fourth-order valence-corrected chi connectivity index (χ4v) is 6.74. The molecule has 5 amide bonds. The van der Waals surface area contributed by atoms with E-state index in [9.17, 15) is 39.0 Å². The predicted molar refractivity (Wildman–Crippen MR) is 195 cm³/mol. The summed E-state index contributed by atoms with van der Waals surface area (Å²) in [6, 6.07) is -5.24. The average Bonchev–Trinajstić information content (AvgIpc) is 3.80. The lowest BCUT2D eigenvalue weighted by atomic mass is 10.0. The van der Waals surface area contributed by atoms with E-state index in [-0.39, 0.29) is 38.4 Å². The highest BCUT2D eigenvalue weighted by molar-refractivity contribution is 5.96. The number of guanidine groups is 1. The van der Waals surface area contributed by atoms with Crippen LogP contribution in [0.1, 0.15) is 117 Å². The number of aliphatic hydroxyl groups excluding tert-OH is 1. The topological polar surface area (TPSA) is 276 Å². The fourth-order valence-electron chi connectivity index (χ4n) is 6.74. The summed E-state index contributed by atoms with van der Waals surface area (Å²) in [6.07, 6.45) is 8.04. The molecule has 11 N–H and O–H groups in total. The molecule has 0 spiro atoms. The number of unbranched alkanes of at least 4 members (excludes halogenated alkanes) is 6. The average molecular weight is 738 g/mol. The molecule has 2 fully saturated rings. The first-order valence-corrected chi connectivity index (χ1v) is 19.0. The summed E-state index contributed by atoms with van der Waals surface area (Å²) in [5.41, 5.74) is 16.2. The molecule has 6 atom stereocenters. The first-order valence-electron chi connectivity index (χ1n) is 19.0. The molecule has 5 unspecified atom stereocenters. The summed E-state index contributed by atoms with van der Waals surface area (Å²) >= 11 is 0. The van der Waals surface area contributed by atoms with E-state index in [0.29, 0.717) is 57.9 Å². The molecule has 2 heterocycles. The first kappa shape index (κ1) is 44.2. The van der Waals surface area contributed by atoms with Gasteiger partial charge < -0.3 is 53.2 Å². The van der Waals surface area contributed by atoms with Gasteiger partial charge in [0.2, 0.25) is 29.5 Å². The summed E-state index contributed by atoms with van der Waals surface area (Å²) in [4.78, 5) is 86.2. The van der Waals surface area contributed by atoms with Crippen LogP contribution >= 0.6 is 0 Å². The van der Waals surface area contributed by atoms with Gasteiger partial charge in [0, 0.05) is 26.1 Å². The third-order valence-electron chi connectivity index (χ3n) is 9.62. The Kier molecular flexibility index (Phi) is 20.0. The Morgan fingerprint density at radius 3 is 2.08 bits per heavy atom. The maximum Gasteiger partial charge on any atom is 0.326 e. The summed E-state index contributed by atoms with van der Waals surface area (Å²) in [7, 11) is 0. The summed E-state index contributed by atoms with van der Waals surface area (Å²) in [5.74, 6) is -3.85. The van der Waals surface area contributed by atoms with Crippen LogP contribution in [0.3, 0.4) is 0 Å². The molecule has 2 saturated heterocycles. The number of amides is 5. The van der Waals surface area contributed by atoms with Crippen molar-refractivity contribution in [3.63, 3.8) is 0 Å². The maximum absolute atomic E-state index is 14.2. The number of nitrogens with zero attached hydrogens (tertiary/aromatic N) is 3. The Bertz CT molecular complexity index is 1210. The van der Waals surface area contributed by atoms with E-state index in [2.05, 4.69) is 27.9 Å². The third-order valence-corrected chi connectivity index (χ3v) is 9.62. The molecule has 2 rings (SSSR count). The Morgan fingerprint density at radius 2 is 1.44 bits per heavy atom. The number of aliphatic carboxylic acids is 1. The minimum atomic E-state index is -1.28. The summed E-state index contributed by atoms with van der Waals surface area (Å²) in [6.45, 7) is 4.75. The van der Waals surface area contributed by atoms with Crippen LogP contribution in [-0.2, 0) is 28.8 Å². The molecule has 17 nitrogen and oxygen atoms in total. The molecule has 0 bridgehead atoms. The molecule has 0 saturated carbocycles. The van der Waals surface area contributed by atoms with Crippen molar-refractivity contribution in [2.45, 2.75) is 153 Å². The Morgan fingerprint density at radius 1 is 0.808 bits per heavy atom. The van der Waals surface area contributed by atoms with Crippen LogP contribution in [0.25, 0.3) is 0 Å². The van der Waals surface area contributed by atoms with Crippen LogP contribution in [0.15, 0.2) is 4.99 Å². The number of nitrogens with one attached hydrogen (secondary N) is 3. The van der Waals surface area contributed by atoms with Gasteiger partial charge in [-0.3, -0.25) is 29.0 Å². The molecule has 296 valence electrons. The van der Waals surface area contributed by atoms with Gasteiger partial charge in [0.1, 0.15) is 30.2 Å². The van der Waals surface area contributed by atoms with Gasteiger partial charge in [0.25, 0.3) is 0 Å². The highest BCUT2D eigenvalue weighted by Gasteiger charge is 2.44. The minimum absolute atomic E-state index is 0.0867. The normalized spacial score (nSPS) is 19.3. The van der Waals surface area contributed by atoms with Crippen molar-refractivity contribution in [2.24, 2.45) is 22.2 Å². The second-order valence-electron chi connectivity index (χ2n) is 13.9. The van der Waals surface area contributed by atoms with E-state index >= 15 is 0 Å². The van der Waals surface area contributed by atoms with Crippen molar-refractivity contribution in [3.05, 3.63) is 0 Å². The van der Waals surface area contributed by atoms with E-state index in [1.807, 2.05) is 0 Å². The smallest absolute Gasteiger partial charge is 0.326 e. The van der Waals surface area contributed by atoms with Gasteiger partial charge in [0.15, 0.2) is 5.96 Å². The molecular formula is C35H63N9O8. The molecule has 17 heteroatoms. The van der Waals surface area contributed by atoms with E-state index in [1.54, 1.807) is 0 Å². The molecule has 2 aliphatic heterocycles. The predicted octanol–water partition coefficient (Wildman–Crippen LogP) is -0.179. The van der Waals surface area contributed by atoms with Gasteiger partial charge in [-0.05, 0) is 71.3 Å². The van der Waals surface area contributed by atoms with Crippen LogP contribution in [-0.4, -0.2) is 124 Å². The van der Waals surface area contributed by atoms with Gasteiger partial charge in [0.05, 0.1) is 6.10 Å². The third kappa shape index (κ3) is 14.6. The van der Waals surface area contributed by atoms with E-state index in [1.165, 1.54) is 16.7 Å². The lowest BCUT2D eigenvalue weighted by molar-refractivity contribution is -0.149. The Balaban J connectivity index is 2.18. The van der Waals surface area contributed by atoms with Gasteiger partial charge in [-0.2, -0.15) is 0 Å². The minimum Gasteiger partial charge on any atom is -0.480 e. The van der Waals surface area contributed by atoms with E-state index in [0.717, 1.165) is 38.5 Å². The number of carboxylic acid groups (broad SMARTS) is 1. The summed E-state index contributed by atoms with van der Waals surface area (Å²) < 4.78 is 0. The highest BCUT2D eigenvalue weighted by Crippen LogP contribution is 2.26. The zero-order chi connectivity index (χ0) is 38.6. The van der Waals surface area contributed by atoms with Crippen molar-refractivity contribution < 1.29 is 39.0 Å². The number of carbonyl (C=O) groups is 6. The van der Waals surface area contributed by atoms with Gasteiger partial charge in [-0.25, -0.2) is 4.79 Å². The van der Waals surface area contributed by atoms with Crippen LogP contribution in [0.5, 0.6) is 0 Å². The number of carbonyl (C=O) groups excluding carboxylic acids is 5. The molecular weight excluding hydrogens is 674 g/mol. The van der Waals surface area contributed by atoms with Crippen molar-refractivity contribution in [1.82, 2.24) is 25.8 Å². The van der Waals surface area contributed by atoms with Crippen LogP contribution in [0.4, 0.5) is 0 Å². The Hall–Kier alpha value is -3.99. The number of rotatable bonds is 24. The number of likely N-dealkylation sites (tertiary alicyclic amines) is 2. The van der Waals surface area contributed by atoms with Crippen LogP contribution in [0.2, 0.25) is 0 Å². The van der Waals surface area contributed by atoms with Crippen molar-refractivity contribution in [1.29, 1.82) is 0 Å². The number of nitrogens with two attached hydrogens (primary N) is 3. The zero-order valence-corrected chi connectivity index (χ0v) is 31.0. The van der Waals surface area contributed by atoms with Crippen molar-refractivity contribution in [2.75, 3.05) is 26.2 Å². The number of carboxylic acids is 1.